The Morgan fingerprint density at radius 2 is 1.94 bits per heavy atom. The lowest BCUT2D eigenvalue weighted by Gasteiger charge is -2.21. The van der Waals surface area contributed by atoms with Crippen LogP contribution in [0.4, 0.5) is 0 Å². The predicted molar refractivity (Wildman–Crippen MR) is 64.2 cm³/mol. The predicted octanol–water partition coefficient (Wildman–Crippen LogP) is 1.42. The van der Waals surface area contributed by atoms with E-state index in [0.29, 0.717) is 11.9 Å². The van der Waals surface area contributed by atoms with E-state index >= 15 is 0 Å². The van der Waals surface area contributed by atoms with Gasteiger partial charge in [-0.1, -0.05) is 12.8 Å². The van der Waals surface area contributed by atoms with Gasteiger partial charge in [0.1, 0.15) is 6.04 Å². The van der Waals surface area contributed by atoms with E-state index in [9.17, 15) is 4.79 Å². The van der Waals surface area contributed by atoms with Crippen molar-refractivity contribution in [1.82, 2.24) is 10.6 Å². The van der Waals surface area contributed by atoms with Crippen LogP contribution in [0.25, 0.3) is 0 Å². The van der Waals surface area contributed by atoms with Crippen LogP contribution in [0.3, 0.4) is 0 Å². The van der Waals surface area contributed by atoms with E-state index in [1.807, 2.05) is 0 Å². The van der Waals surface area contributed by atoms with Crippen LogP contribution in [0.2, 0.25) is 0 Å². The maximum absolute atomic E-state index is 11.8. The van der Waals surface area contributed by atoms with Crippen molar-refractivity contribution in [3.05, 3.63) is 0 Å². The second kappa shape index (κ2) is 4.07. The van der Waals surface area contributed by atoms with Gasteiger partial charge < -0.3 is 5.32 Å². The average molecular weight is 223 g/mol. The summed E-state index contributed by atoms with van der Waals surface area (Å²) in [5.74, 6) is 1.17. The summed E-state index contributed by atoms with van der Waals surface area (Å²) in [6, 6.07) is -0.146. The third-order valence-corrected chi connectivity index (χ3v) is 3.12. The number of aliphatic imine (C=N–C) groups is 1. The van der Waals surface area contributed by atoms with Crippen LogP contribution in [0.5, 0.6) is 0 Å². The molecule has 1 fully saturated rings. The fourth-order valence-electron chi connectivity index (χ4n) is 2.43. The van der Waals surface area contributed by atoms with Crippen molar-refractivity contribution in [2.45, 2.75) is 58.0 Å². The van der Waals surface area contributed by atoms with E-state index < -0.39 is 0 Å². The van der Waals surface area contributed by atoms with Gasteiger partial charge in [-0.05, 0) is 39.5 Å². The lowest BCUT2D eigenvalue weighted by atomic mass is 9.99. The lowest BCUT2D eigenvalue weighted by Crippen LogP contribution is -2.47. The summed E-state index contributed by atoms with van der Waals surface area (Å²) >= 11 is 0. The molecule has 4 nitrogen and oxygen atoms in total. The van der Waals surface area contributed by atoms with Crippen molar-refractivity contribution in [3.8, 4) is 0 Å². The Morgan fingerprint density at radius 3 is 2.50 bits per heavy atom. The molecule has 1 saturated carbocycles. The zero-order valence-electron chi connectivity index (χ0n) is 10.3. The number of hydrogen-bond acceptors (Lipinski definition) is 3. The first-order valence-corrected chi connectivity index (χ1v) is 6.12. The summed E-state index contributed by atoms with van der Waals surface area (Å²) in [6.45, 7) is 6.18. The SMILES string of the molecule is CC(C)(C)NC1=NC(C2CCCC2)C(=O)N1. The number of carbonyl (C=O) groups is 1. The van der Waals surface area contributed by atoms with Gasteiger partial charge in [0.2, 0.25) is 0 Å². The van der Waals surface area contributed by atoms with Crippen LogP contribution >= 0.6 is 0 Å². The Kier molecular flexibility index (Phi) is 2.91. The second-order valence-electron chi connectivity index (χ2n) is 5.83. The van der Waals surface area contributed by atoms with Gasteiger partial charge in [-0.3, -0.25) is 10.1 Å². The number of amides is 1. The molecular formula is C12H21N3O. The Bertz CT molecular complexity index is 311. The molecule has 4 heteroatoms. The van der Waals surface area contributed by atoms with Gasteiger partial charge in [0, 0.05) is 5.54 Å². The van der Waals surface area contributed by atoms with Crippen LogP contribution < -0.4 is 10.6 Å². The van der Waals surface area contributed by atoms with E-state index in [1.54, 1.807) is 0 Å². The molecule has 16 heavy (non-hydrogen) atoms. The van der Waals surface area contributed by atoms with Crippen molar-refractivity contribution in [3.63, 3.8) is 0 Å². The molecule has 0 aromatic rings. The molecule has 0 saturated heterocycles. The van der Waals surface area contributed by atoms with Crippen LogP contribution in [0.1, 0.15) is 46.5 Å². The highest BCUT2D eigenvalue weighted by Crippen LogP contribution is 2.30. The number of guanidine groups is 1. The molecule has 0 aromatic heterocycles. The van der Waals surface area contributed by atoms with E-state index in [2.05, 4.69) is 36.4 Å². The van der Waals surface area contributed by atoms with E-state index in [0.717, 1.165) is 12.8 Å². The summed E-state index contributed by atoms with van der Waals surface area (Å²) < 4.78 is 0. The maximum Gasteiger partial charge on any atom is 0.251 e. The van der Waals surface area contributed by atoms with Crippen LogP contribution in [0, 0.1) is 5.92 Å². The zero-order chi connectivity index (χ0) is 11.8. The molecule has 1 unspecified atom stereocenters. The first-order valence-electron chi connectivity index (χ1n) is 6.12. The first kappa shape index (κ1) is 11.4. The number of rotatable bonds is 1. The average Bonchev–Trinajstić information content (AvgIpc) is 2.71. The summed E-state index contributed by atoms with van der Waals surface area (Å²) in [4.78, 5) is 16.3. The quantitative estimate of drug-likeness (QED) is 0.706. The number of carbonyl (C=O) groups excluding carboxylic acids is 1. The Hall–Kier alpha value is -1.06. The highest BCUT2D eigenvalue weighted by Gasteiger charge is 2.35. The topological polar surface area (TPSA) is 53.5 Å². The minimum atomic E-state index is -0.146. The van der Waals surface area contributed by atoms with Crippen molar-refractivity contribution in [1.29, 1.82) is 0 Å². The molecule has 1 amide bonds. The monoisotopic (exact) mass is 223 g/mol. The largest absolute Gasteiger partial charge is 0.351 e. The minimum absolute atomic E-state index is 0.0588. The molecule has 1 atom stereocenters. The standard InChI is InChI=1S/C12H21N3O/c1-12(2,3)15-11-13-9(10(16)14-11)8-6-4-5-7-8/h8-9H,4-7H2,1-3H3,(H2,13,14,15,16). The van der Waals surface area contributed by atoms with E-state index in [1.165, 1.54) is 12.8 Å². The first-order chi connectivity index (χ1) is 7.46. The van der Waals surface area contributed by atoms with Crippen molar-refractivity contribution in [2.75, 3.05) is 0 Å². The molecule has 0 radical (unpaired) electrons. The van der Waals surface area contributed by atoms with Crippen LogP contribution in [0.15, 0.2) is 4.99 Å². The molecular weight excluding hydrogens is 202 g/mol. The number of hydrogen-bond donors (Lipinski definition) is 2. The summed E-state index contributed by atoms with van der Waals surface area (Å²) in [5.41, 5.74) is -0.0588. The third-order valence-electron chi connectivity index (χ3n) is 3.12. The molecule has 0 spiro atoms. The van der Waals surface area contributed by atoms with Crippen molar-refractivity contribution >= 4 is 11.9 Å². The zero-order valence-corrected chi connectivity index (χ0v) is 10.3. The molecule has 1 heterocycles. The molecule has 1 aliphatic carbocycles. The highest BCUT2D eigenvalue weighted by molar-refractivity contribution is 6.05. The van der Waals surface area contributed by atoms with Gasteiger partial charge in [0.15, 0.2) is 5.96 Å². The Labute approximate surface area is 96.9 Å². The maximum atomic E-state index is 11.8. The smallest absolute Gasteiger partial charge is 0.251 e. The van der Waals surface area contributed by atoms with Crippen molar-refractivity contribution in [2.24, 2.45) is 10.9 Å². The summed E-state index contributed by atoms with van der Waals surface area (Å²) in [7, 11) is 0. The van der Waals surface area contributed by atoms with Crippen LogP contribution in [-0.4, -0.2) is 23.4 Å². The molecule has 90 valence electrons. The van der Waals surface area contributed by atoms with Gasteiger partial charge in [0.25, 0.3) is 5.91 Å². The van der Waals surface area contributed by atoms with Gasteiger partial charge in [0.05, 0.1) is 0 Å². The minimum Gasteiger partial charge on any atom is -0.351 e. The van der Waals surface area contributed by atoms with Gasteiger partial charge >= 0.3 is 0 Å². The van der Waals surface area contributed by atoms with Gasteiger partial charge in [-0.25, -0.2) is 4.99 Å². The Balaban J connectivity index is 2.02. The van der Waals surface area contributed by atoms with E-state index in [-0.39, 0.29) is 17.5 Å². The van der Waals surface area contributed by atoms with E-state index in [4.69, 9.17) is 0 Å². The fourth-order valence-corrected chi connectivity index (χ4v) is 2.43. The highest BCUT2D eigenvalue weighted by atomic mass is 16.2. The molecule has 2 aliphatic rings. The molecule has 2 rings (SSSR count). The fraction of sp³-hybridized carbons (Fsp3) is 0.833. The summed E-state index contributed by atoms with van der Waals surface area (Å²) in [6.07, 6.45) is 4.77. The van der Waals surface area contributed by atoms with Gasteiger partial charge in [-0.15, -0.1) is 0 Å². The van der Waals surface area contributed by atoms with Crippen molar-refractivity contribution < 1.29 is 4.79 Å². The molecule has 2 N–H and O–H groups in total. The van der Waals surface area contributed by atoms with Crippen LogP contribution in [-0.2, 0) is 4.79 Å². The lowest BCUT2D eigenvalue weighted by molar-refractivity contribution is -0.121. The summed E-state index contributed by atoms with van der Waals surface area (Å²) in [5, 5.41) is 6.06. The number of nitrogens with zero attached hydrogens (tertiary/aromatic N) is 1. The second-order valence-corrected chi connectivity index (χ2v) is 5.83. The Morgan fingerprint density at radius 1 is 1.31 bits per heavy atom. The normalized spacial score (nSPS) is 26.8. The molecule has 1 aliphatic heterocycles. The van der Waals surface area contributed by atoms with Gasteiger partial charge in [-0.2, -0.15) is 0 Å². The number of nitrogens with one attached hydrogen (secondary N) is 2. The third kappa shape index (κ3) is 2.54. The molecule has 0 bridgehead atoms. The molecule has 0 aromatic carbocycles.